The van der Waals surface area contributed by atoms with Crippen molar-refractivity contribution in [1.29, 1.82) is 0 Å². The molecule has 1 N–H and O–H groups in total. The minimum atomic E-state index is -0.0623. The molecule has 19 heavy (non-hydrogen) atoms. The summed E-state index contributed by atoms with van der Waals surface area (Å²) in [5.74, 6) is 0.594. The van der Waals surface area contributed by atoms with Crippen LogP contribution in [0, 0.1) is 5.92 Å². The van der Waals surface area contributed by atoms with Gasteiger partial charge in [-0.25, -0.2) is 0 Å². The molecule has 2 saturated heterocycles. The van der Waals surface area contributed by atoms with E-state index in [0.717, 1.165) is 45.4 Å². The van der Waals surface area contributed by atoms with Gasteiger partial charge in [0, 0.05) is 19.5 Å². The molecular formula is C14H26N2O3. The number of esters is 1. The number of likely N-dealkylation sites (N-methyl/N-ethyl adjacent to an activating group) is 1. The molecule has 2 aliphatic rings. The van der Waals surface area contributed by atoms with Crippen LogP contribution in [0.15, 0.2) is 0 Å². The largest absolute Gasteiger partial charge is 0.461 e. The third kappa shape index (κ3) is 3.91. The first-order valence-corrected chi connectivity index (χ1v) is 7.34. The van der Waals surface area contributed by atoms with Gasteiger partial charge in [-0.2, -0.15) is 0 Å². The summed E-state index contributed by atoms with van der Waals surface area (Å²) in [5, 5.41) is 8.93. The molecule has 0 amide bonds. The molecule has 5 heteroatoms. The van der Waals surface area contributed by atoms with Crippen molar-refractivity contribution in [2.75, 3.05) is 39.8 Å². The first-order valence-electron chi connectivity index (χ1n) is 7.34. The number of hydrogen-bond acceptors (Lipinski definition) is 5. The Morgan fingerprint density at radius 2 is 2.11 bits per heavy atom. The molecular weight excluding hydrogens is 244 g/mol. The van der Waals surface area contributed by atoms with E-state index in [4.69, 9.17) is 9.84 Å². The average Bonchev–Trinajstić information content (AvgIpc) is 2.71. The van der Waals surface area contributed by atoms with E-state index in [-0.39, 0.29) is 24.7 Å². The molecule has 2 rings (SSSR count). The summed E-state index contributed by atoms with van der Waals surface area (Å²) in [6, 6.07) is -0.0505. The van der Waals surface area contributed by atoms with Crippen molar-refractivity contribution in [3.05, 3.63) is 0 Å². The van der Waals surface area contributed by atoms with Gasteiger partial charge in [-0.3, -0.25) is 9.69 Å². The number of likely N-dealkylation sites (tertiary alicyclic amines) is 1. The van der Waals surface area contributed by atoms with Gasteiger partial charge in [0.05, 0.1) is 6.61 Å². The van der Waals surface area contributed by atoms with Gasteiger partial charge in [0.1, 0.15) is 12.1 Å². The Morgan fingerprint density at radius 3 is 2.63 bits per heavy atom. The molecule has 110 valence electrons. The predicted octanol–water partition coefficient (Wildman–Crippen LogP) is 0.327. The zero-order valence-electron chi connectivity index (χ0n) is 12.0. The maximum Gasteiger partial charge on any atom is 0.323 e. The Kier molecular flexibility index (Phi) is 5.19. The highest BCUT2D eigenvalue weighted by molar-refractivity contribution is 5.77. The summed E-state index contributed by atoms with van der Waals surface area (Å²) in [6.07, 6.45) is 3.19. The predicted molar refractivity (Wildman–Crippen MR) is 72.8 cm³/mol. The van der Waals surface area contributed by atoms with Crippen LogP contribution >= 0.6 is 0 Å². The first-order chi connectivity index (χ1) is 9.10. The number of carbonyl (C=O) groups excluding carboxylic acids is 1. The van der Waals surface area contributed by atoms with Crippen molar-refractivity contribution < 1.29 is 14.6 Å². The van der Waals surface area contributed by atoms with Crippen molar-refractivity contribution >= 4 is 5.97 Å². The number of cyclic esters (lactones) is 1. The summed E-state index contributed by atoms with van der Waals surface area (Å²) in [4.78, 5) is 16.2. The third-order valence-corrected chi connectivity index (χ3v) is 4.35. The topological polar surface area (TPSA) is 53.0 Å². The molecule has 2 heterocycles. The van der Waals surface area contributed by atoms with Crippen molar-refractivity contribution in [3.8, 4) is 0 Å². The fraction of sp³-hybridized carbons (Fsp3) is 0.929. The summed E-state index contributed by atoms with van der Waals surface area (Å²) in [7, 11) is 2.03. The second-order valence-corrected chi connectivity index (χ2v) is 5.95. The zero-order chi connectivity index (χ0) is 13.8. The molecule has 0 spiro atoms. The lowest BCUT2D eigenvalue weighted by molar-refractivity contribution is -0.144. The van der Waals surface area contributed by atoms with Crippen LogP contribution < -0.4 is 0 Å². The Hall–Kier alpha value is -0.650. The average molecular weight is 270 g/mol. The lowest BCUT2D eigenvalue weighted by Gasteiger charge is -2.34. The monoisotopic (exact) mass is 270 g/mol. The number of piperidine rings is 1. The normalized spacial score (nSPS) is 30.0. The summed E-state index contributed by atoms with van der Waals surface area (Å²) in [5.41, 5.74) is 0. The SMILES string of the molecule is CC1CC(N(C)CC2CCN(CCO)CC2)C(=O)O1. The molecule has 2 aliphatic heterocycles. The molecule has 0 aliphatic carbocycles. The smallest absolute Gasteiger partial charge is 0.323 e. The molecule has 2 fully saturated rings. The first kappa shape index (κ1) is 14.8. The van der Waals surface area contributed by atoms with Gasteiger partial charge < -0.3 is 14.7 Å². The lowest BCUT2D eigenvalue weighted by atomic mass is 9.95. The van der Waals surface area contributed by atoms with E-state index in [1.165, 1.54) is 0 Å². The third-order valence-electron chi connectivity index (χ3n) is 4.35. The summed E-state index contributed by atoms with van der Waals surface area (Å²) < 4.78 is 5.22. The molecule has 0 bridgehead atoms. The number of carbonyl (C=O) groups is 1. The number of β-amino-alcohol motifs (C(OH)–C–C–N with tert-alkyl or cyclic N) is 1. The quantitative estimate of drug-likeness (QED) is 0.730. The number of aliphatic hydroxyl groups is 1. The molecule has 2 atom stereocenters. The minimum absolute atomic E-state index is 0.0505. The molecule has 2 unspecified atom stereocenters. The van der Waals surface area contributed by atoms with E-state index in [0.29, 0.717) is 5.92 Å². The van der Waals surface area contributed by atoms with Crippen LogP contribution in [-0.2, 0) is 9.53 Å². The highest BCUT2D eigenvalue weighted by atomic mass is 16.6. The summed E-state index contributed by atoms with van der Waals surface area (Å²) >= 11 is 0. The summed E-state index contributed by atoms with van der Waals surface area (Å²) in [6.45, 7) is 6.08. The van der Waals surface area contributed by atoms with Crippen molar-refractivity contribution in [2.24, 2.45) is 5.92 Å². The van der Waals surface area contributed by atoms with Gasteiger partial charge in [-0.05, 0) is 45.8 Å². The second-order valence-electron chi connectivity index (χ2n) is 5.95. The van der Waals surface area contributed by atoms with Crippen LogP contribution in [0.5, 0.6) is 0 Å². The van der Waals surface area contributed by atoms with Crippen molar-refractivity contribution in [2.45, 2.75) is 38.3 Å². The Balaban J connectivity index is 1.74. The minimum Gasteiger partial charge on any atom is -0.461 e. The second kappa shape index (κ2) is 6.68. The van der Waals surface area contributed by atoms with Crippen LogP contribution in [-0.4, -0.2) is 72.9 Å². The van der Waals surface area contributed by atoms with Gasteiger partial charge >= 0.3 is 5.97 Å². The van der Waals surface area contributed by atoms with Gasteiger partial charge in [0.25, 0.3) is 0 Å². The van der Waals surface area contributed by atoms with Crippen LogP contribution in [0.3, 0.4) is 0 Å². The van der Waals surface area contributed by atoms with E-state index < -0.39 is 0 Å². The maximum absolute atomic E-state index is 11.7. The highest BCUT2D eigenvalue weighted by Gasteiger charge is 2.35. The van der Waals surface area contributed by atoms with E-state index in [1.807, 2.05) is 14.0 Å². The molecule has 5 nitrogen and oxygen atoms in total. The zero-order valence-corrected chi connectivity index (χ0v) is 12.0. The van der Waals surface area contributed by atoms with Gasteiger partial charge in [-0.1, -0.05) is 0 Å². The number of nitrogens with zero attached hydrogens (tertiary/aromatic N) is 2. The number of hydrogen-bond donors (Lipinski definition) is 1. The number of rotatable bonds is 5. The van der Waals surface area contributed by atoms with Crippen molar-refractivity contribution in [3.63, 3.8) is 0 Å². The van der Waals surface area contributed by atoms with Gasteiger partial charge in [0.2, 0.25) is 0 Å². The Morgan fingerprint density at radius 1 is 1.42 bits per heavy atom. The fourth-order valence-corrected chi connectivity index (χ4v) is 3.16. The molecule has 0 aromatic rings. The van der Waals surface area contributed by atoms with E-state index in [1.54, 1.807) is 0 Å². The Labute approximate surface area is 115 Å². The van der Waals surface area contributed by atoms with Crippen molar-refractivity contribution in [1.82, 2.24) is 9.80 Å². The number of aliphatic hydroxyl groups excluding tert-OH is 1. The Bertz CT molecular complexity index is 303. The van der Waals surface area contributed by atoms with Gasteiger partial charge in [-0.15, -0.1) is 0 Å². The fourth-order valence-electron chi connectivity index (χ4n) is 3.16. The van der Waals surface area contributed by atoms with Crippen LogP contribution in [0.25, 0.3) is 0 Å². The van der Waals surface area contributed by atoms with Crippen LogP contribution in [0.4, 0.5) is 0 Å². The van der Waals surface area contributed by atoms with Crippen LogP contribution in [0.2, 0.25) is 0 Å². The van der Waals surface area contributed by atoms with Crippen LogP contribution in [0.1, 0.15) is 26.2 Å². The lowest BCUT2D eigenvalue weighted by Crippen LogP contribution is -2.42. The number of ether oxygens (including phenoxy) is 1. The maximum atomic E-state index is 11.7. The van der Waals surface area contributed by atoms with E-state index in [2.05, 4.69) is 9.80 Å². The standard InChI is InChI=1S/C14H26N2O3/c1-11-9-13(14(18)19-11)15(2)10-12-3-5-16(6-4-12)7-8-17/h11-13,17H,3-10H2,1-2H3. The molecule has 0 aromatic carbocycles. The molecule has 0 aromatic heterocycles. The molecule has 0 radical (unpaired) electrons. The molecule has 0 saturated carbocycles. The highest BCUT2D eigenvalue weighted by Crippen LogP contribution is 2.23. The van der Waals surface area contributed by atoms with Gasteiger partial charge in [0.15, 0.2) is 0 Å². The van der Waals surface area contributed by atoms with E-state index >= 15 is 0 Å². The van der Waals surface area contributed by atoms with E-state index in [9.17, 15) is 4.79 Å².